The number of rotatable bonds is 10. The lowest BCUT2D eigenvalue weighted by molar-refractivity contribution is 0.146. The van der Waals surface area contributed by atoms with Gasteiger partial charge in [-0.2, -0.15) is 0 Å². The Hall–Kier alpha value is -2.99. The van der Waals surface area contributed by atoms with Gasteiger partial charge in [-0.25, -0.2) is 4.99 Å². The first kappa shape index (κ1) is 20.7. The number of aliphatic imine (C=N–C) groups is 1. The van der Waals surface area contributed by atoms with E-state index in [0.29, 0.717) is 19.8 Å². The van der Waals surface area contributed by atoms with Gasteiger partial charge in [0, 0.05) is 37.3 Å². The molecule has 6 heteroatoms. The number of hydrogen-bond donors (Lipinski definition) is 3. The number of methoxy groups -OCH3 is 1. The van der Waals surface area contributed by atoms with Gasteiger partial charge < -0.3 is 25.1 Å². The van der Waals surface area contributed by atoms with Crippen LogP contribution in [0.1, 0.15) is 18.1 Å². The monoisotopic (exact) mass is 394 g/mol. The smallest absolute Gasteiger partial charge is 0.191 e. The summed E-state index contributed by atoms with van der Waals surface area (Å²) in [5.74, 6) is 1.67. The number of nitrogens with zero attached hydrogens (tertiary/aromatic N) is 1. The van der Waals surface area contributed by atoms with Gasteiger partial charge in [-0.1, -0.05) is 30.3 Å². The van der Waals surface area contributed by atoms with Crippen LogP contribution in [0.25, 0.3) is 10.9 Å². The number of nitrogens with one attached hydrogen (secondary N) is 3. The number of hydrogen-bond acceptors (Lipinski definition) is 3. The molecule has 0 aliphatic heterocycles. The average Bonchev–Trinajstić information content (AvgIpc) is 3.16. The lowest BCUT2D eigenvalue weighted by Crippen LogP contribution is -2.38. The minimum atomic E-state index is 0.554. The summed E-state index contributed by atoms with van der Waals surface area (Å²) in [7, 11) is 1.67. The number of guanidine groups is 1. The van der Waals surface area contributed by atoms with Crippen molar-refractivity contribution in [2.45, 2.75) is 19.9 Å². The third-order valence-electron chi connectivity index (χ3n) is 4.61. The Balaban J connectivity index is 1.51. The highest BCUT2D eigenvalue weighted by molar-refractivity contribution is 5.83. The van der Waals surface area contributed by atoms with Crippen molar-refractivity contribution >= 4 is 16.9 Å². The molecule has 0 spiro atoms. The van der Waals surface area contributed by atoms with Gasteiger partial charge >= 0.3 is 0 Å². The molecular formula is C23H30N4O2. The van der Waals surface area contributed by atoms with Crippen LogP contribution in [0.2, 0.25) is 0 Å². The Labute approximate surface area is 172 Å². The molecule has 0 aliphatic carbocycles. The van der Waals surface area contributed by atoms with Crippen molar-refractivity contribution in [3.63, 3.8) is 0 Å². The fourth-order valence-electron chi connectivity index (χ4n) is 3.10. The summed E-state index contributed by atoms with van der Waals surface area (Å²) in [4.78, 5) is 8.02. The van der Waals surface area contributed by atoms with Gasteiger partial charge in [-0.3, -0.25) is 0 Å². The summed E-state index contributed by atoms with van der Waals surface area (Å²) in [5, 5.41) is 8.02. The molecule has 0 aliphatic rings. The zero-order valence-electron chi connectivity index (χ0n) is 17.2. The molecule has 1 aromatic heterocycles. The number of aromatic amines is 1. The number of aromatic nitrogens is 1. The Morgan fingerprint density at radius 3 is 2.66 bits per heavy atom. The Morgan fingerprint density at radius 1 is 1.03 bits per heavy atom. The van der Waals surface area contributed by atoms with Crippen LogP contribution in [0.4, 0.5) is 0 Å². The largest absolute Gasteiger partial charge is 0.491 e. The van der Waals surface area contributed by atoms with Crippen LogP contribution < -0.4 is 15.4 Å². The van der Waals surface area contributed by atoms with Gasteiger partial charge in [-0.05, 0) is 42.7 Å². The molecule has 3 rings (SSSR count). The van der Waals surface area contributed by atoms with E-state index in [2.05, 4.69) is 53.0 Å². The molecule has 3 aromatic rings. The highest BCUT2D eigenvalue weighted by atomic mass is 16.5. The summed E-state index contributed by atoms with van der Waals surface area (Å²) in [6.45, 7) is 5.47. The summed E-state index contributed by atoms with van der Waals surface area (Å²) in [5.41, 5.74) is 3.63. The van der Waals surface area contributed by atoms with E-state index in [0.717, 1.165) is 36.8 Å². The number of H-pyrrole nitrogens is 1. The van der Waals surface area contributed by atoms with Gasteiger partial charge in [0.05, 0.1) is 13.2 Å². The first-order valence-electron chi connectivity index (χ1n) is 10.1. The van der Waals surface area contributed by atoms with Gasteiger partial charge in [0.25, 0.3) is 0 Å². The molecular weight excluding hydrogens is 364 g/mol. The Bertz CT molecular complexity index is 903. The van der Waals surface area contributed by atoms with E-state index in [1.807, 2.05) is 24.3 Å². The summed E-state index contributed by atoms with van der Waals surface area (Å²) in [6, 6.07) is 16.4. The molecule has 3 N–H and O–H groups in total. The van der Waals surface area contributed by atoms with Crippen molar-refractivity contribution in [3.8, 4) is 5.75 Å². The molecule has 2 aromatic carbocycles. The van der Waals surface area contributed by atoms with Crippen LogP contribution in [0, 0.1) is 0 Å². The Kier molecular flexibility index (Phi) is 7.95. The molecule has 6 nitrogen and oxygen atoms in total. The highest BCUT2D eigenvalue weighted by Crippen LogP contribution is 2.17. The fraction of sp³-hybridized carbons (Fsp3) is 0.348. The van der Waals surface area contributed by atoms with Crippen LogP contribution in [0.15, 0.2) is 59.7 Å². The van der Waals surface area contributed by atoms with Crippen molar-refractivity contribution in [2.75, 3.05) is 33.4 Å². The lowest BCUT2D eigenvalue weighted by Gasteiger charge is -2.11. The summed E-state index contributed by atoms with van der Waals surface area (Å²) in [6.07, 6.45) is 3.02. The van der Waals surface area contributed by atoms with Crippen molar-refractivity contribution in [2.24, 2.45) is 4.99 Å². The minimum absolute atomic E-state index is 0.554. The first-order chi connectivity index (χ1) is 14.3. The second-order valence-electron chi connectivity index (χ2n) is 6.72. The molecule has 0 amide bonds. The van der Waals surface area contributed by atoms with Crippen molar-refractivity contribution in [1.82, 2.24) is 15.6 Å². The van der Waals surface area contributed by atoms with Crippen LogP contribution in [0.3, 0.4) is 0 Å². The van der Waals surface area contributed by atoms with E-state index in [4.69, 9.17) is 14.5 Å². The van der Waals surface area contributed by atoms with Crippen LogP contribution in [0.5, 0.6) is 5.75 Å². The maximum Gasteiger partial charge on any atom is 0.191 e. The van der Waals surface area contributed by atoms with E-state index >= 15 is 0 Å². The lowest BCUT2D eigenvalue weighted by atomic mass is 10.1. The van der Waals surface area contributed by atoms with Gasteiger partial charge in [0.2, 0.25) is 0 Å². The second-order valence-corrected chi connectivity index (χ2v) is 6.72. The molecule has 0 atom stereocenters. The van der Waals surface area contributed by atoms with Crippen molar-refractivity contribution in [3.05, 3.63) is 65.9 Å². The van der Waals surface area contributed by atoms with Crippen LogP contribution in [-0.4, -0.2) is 44.4 Å². The van der Waals surface area contributed by atoms with Crippen LogP contribution in [-0.2, 0) is 17.7 Å². The van der Waals surface area contributed by atoms with E-state index in [1.165, 1.54) is 16.5 Å². The Morgan fingerprint density at radius 2 is 1.86 bits per heavy atom. The SMILES string of the molecule is CCNC(=NCc1ccc(OCCOC)cc1)NCCc1c[nH]c2ccccc12. The maximum absolute atomic E-state index is 5.60. The van der Waals surface area contributed by atoms with Crippen molar-refractivity contribution < 1.29 is 9.47 Å². The molecule has 1 heterocycles. The topological polar surface area (TPSA) is 70.7 Å². The number of fused-ring (bicyclic) bond motifs is 1. The van der Waals surface area contributed by atoms with E-state index in [1.54, 1.807) is 7.11 Å². The maximum atomic E-state index is 5.60. The second kappa shape index (κ2) is 11.1. The van der Waals surface area contributed by atoms with E-state index in [-0.39, 0.29) is 0 Å². The third-order valence-corrected chi connectivity index (χ3v) is 4.61. The quantitative estimate of drug-likeness (QED) is 0.280. The van der Waals surface area contributed by atoms with Gasteiger partial charge in [0.15, 0.2) is 5.96 Å². The molecule has 0 saturated heterocycles. The standard InChI is InChI=1S/C23H30N4O2/c1-3-24-23(25-13-12-19-17-26-22-7-5-4-6-21(19)22)27-16-18-8-10-20(11-9-18)29-15-14-28-2/h4-11,17,26H,3,12-16H2,1-2H3,(H2,24,25,27). The van der Waals surface area contributed by atoms with Crippen LogP contribution >= 0.6 is 0 Å². The number of para-hydroxylation sites is 1. The third kappa shape index (κ3) is 6.26. The van der Waals surface area contributed by atoms with E-state index in [9.17, 15) is 0 Å². The predicted octanol–water partition coefficient (Wildman–Crippen LogP) is 3.49. The van der Waals surface area contributed by atoms with Gasteiger partial charge in [-0.15, -0.1) is 0 Å². The molecule has 0 fully saturated rings. The molecule has 0 unspecified atom stereocenters. The molecule has 0 radical (unpaired) electrons. The first-order valence-corrected chi connectivity index (χ1v) is 10.1. The molecule has 0 bridgehead atoms. The average molecular weight is 395 g/mol. The zero-order valence-corrected chi connectivity index (χ0v) is 17.2. The predicted molar refractivity (Wildman–Crippen MR) is 119 cm³/mol. The normalized spacial score (nSPS) is 11.6. The molecule has 0 saturated carbocycles. The molecule has 29 heavy (non-hydrogen) atoms. The van der Waals surface area contributed by atoms with E-state index < -0.39 is 0 Å². The van der Waals surface area contributed by atoms with Gasteiger partial charge in [0.1, 0.15) is 12.4 Å². The summed E-state index contributed by atoms with van der Waals surface area (Å²) < 4.78 is 10.6. The fourth-order valence-corrected chi connectivity index (χ4v) is 3.10. The minimum Gasteiger partial charge on any atom is -0.491 e. The number of ether oxygens (including phenoxy) is 2. The zero-order chi connectivity index (χ0) is 20.3. The molecule has 154 valence electrons. The highest BCUT2D eigenvalue weighted by Gasteiger charge is 2.04. The summed E-state index contributed by atoms with van der Waals surface area (Å²) >= 11 is 0. The van der Waals surface area contributed by atoms with Crippen molar-refractivity contribution in [1.29, 1.82) is 0 Å². The number of benzene rings is 2.